The van der Waals surface area contributed by atoms with E-state index in [1.165, 1.54) is 66.8 Å². The lowest BCUT2D eigenvalue weighted by Crippen LogP contribution is -2.28. The maximum Gasteiger partial charge on any atom is 0.135 e. The lowest BCUT2D eigenvalue weighted by Gasteiger charge is -2.35. The van der Waals surface area contributed by atoms with Gasteiger partial charge in [0, 0.05) is 33.2 Å². The average Bonchev–Trinajstić information content (AvgIpc) is 3.90. The van der Waals surface area contributed by atoms with Crippen LogP contribution in [0.1, 0.15) is 47.2 Å². The summed E-state index contributed by atoms with van der Waals surface area (Å²) in [5, 5.41) is 2.21. The second kappa shape index (κ2) is 13.0. The number of furan rings is 1. The van der Waals surface area contributed by atoms with Gasteiger partial charge in [0.25, 0.3) is 0 Å². The van der Waals surface area contributed by atoms with E-state index >= 15 is 0 Å². The highest BCUT2D eigenvalue weighted by molar-refractivity contribution is 6.07. The summed E-state index contributed by atoms with van der Waals surface area (Å²) >= 11 is 0. The van der Waals surface area contributed by atoms with Crippen LogP contribution in [-0.2, 0) is 10.8 Å². The standard InChI is InChI=1S/C58H41NO/c1-57(2)50-33-30-41(36-49(50)56-44(25-16-27-52(56)57)38-17-6-3-7-18-38)59(42-31-34-55-48(35-42)47-24-13-15-28-54(47)60-55)43-29-32-46-45-23-12-14-26-51(45)58(53(46)37-43,39-19-8-4-9-20-39)40-21-10-5-11-22-40/h3-37H,1-2H3. The molecule has 2 aliphatic carbocycles. The number of fused-ring (bicyclic) bond motifs is 9. The lowest BCUT2D eigenvalue weighted by atomic mass is 9.67. The molecular weight excluding hydrogens is 727 g/mol. The summed E-state index contributed by atoms with van der Waals surface area (Å²) in [6.07, 6.45) is 0. The van der Waals surface area contributed by atoms with E-state index in [9.17, 15) is 0 Å². The summed E-state index contributed by atoms with van der Waals surface area (Å²) in [5.41, 5.74) is 19.8. The van der Waals surface area contributed by atoms with Gasteiger partial charge in [-0.3, -0.25) is 0 Å². The van der Waals surface area contributed by atoms with Crippen LogP contribution in [0.5, 0.6) is 0 Å². The summed E-state index contributed by atoms with van der Waals surface area (Å²) in [6, 6.07) is 78.1. The van der Waals surface area contributed by atoms with Crippen LogP contribution in [0.3, 0.4) is 0 Å². The van der Waals surface area contributed by atoms with E-state index in [2.05, 4.69) is 225 Å². The zero-order valence-electron chi connectivity index (χ0n) is 33.6. The van der Waals surface area contributed by atoms with Crippen molar-refractivity contribution >= 4 is 39.0 Å². The van der Waals surface area contributed by atoms with Crippen molar-refractivity contribution in [1.82, 2.24) is 0 Å². The van der Waals surface area contributed by atoms with Crippen LogP contribution in [-0.4, -0.2) is 0 Å². The van der Waals surface area contributed by atoms with Gasteiger partial charge in [0.1, 0.15) is 11.2 Å². The van der Waals surface area contributed by atoms with Crippen molar-refractivity contribution in [1.29, 1.82) is 0 Å². The van der Waals surface area contributed by atoms with Crippen molar-refractivity contribution in [2.75, 3.05) is 4.90 Å². The quantitative estimate of drug-likeness (QED) is 0.168. The molecule has 0 unspecified atom stereocenters. The van der Waals surface area contributed by atoms with Crippen LogP contribution < -0.4 is 4.90 Å². The summed E-state index contributed by atoms with van der Waals surface area (Å²) in [4.78, 5) is 2.46. The molecule has 0 spiro atoms. The van der Waals surface area contributed by atoms with Crippen LogP contribution in [0.15, 0.2) is 217 Å². The highest BCUT2D eigenvalue weighted by Crippen LogP contribution is 2.58. The Balaban J connectivity index is 1.14. The Bertz CT molecular complexity index is 3250. The lowest BCUT2D eigenvalue weighted by molar-refractivity contribution is 0.660. The monoisotopic (exact) mass is 767 g/mol. The topological polar surface area (TPSA) is 16.4 Å². The largest absolute Gasteiger partial charge is 0.456 e. The van der Waals surface area contributed by atoms with Crippen LogP contribution >= 0.6 is 0 Å². The highest BCUT2D eigenvalue weighted by Gasteiger charge is 2.46. The molecule has 0 saturated heterocycles. The molecule has 2 heteroatoms. The number of benzene rings is 9. The number of hydrogen-bond acceptors (Lipinski definition) is 2. The first-order valence-electron chi connectivity index (χ1n) is 20.9. The first-order chi connectivity index (χ1) is 29.5. The first kappa shape index (κ1) is 34.6. The minimum atomic E-state index is -0.522. The second-order valence-corrected chi connectivity index (χ2v) is 16.8. The molecule has 284 valence electrons. The predicted octanol–water partition coefficient (Wildman–Crippen LogP) is 15.4. The summed E-state index contributed by atoms with van der Waals surface area (Å²) in [7, 11) is 0. The molecule has 0 atom stereocenters. The number of rotatable bonds is 6. The molecule has 60 heavy (non-hydrogen) atoms. The van der Waals surface area contributed by atoms with Crippen molar-refractivity contribution in [3.05, 3.63) is 246 Å². The normalized spacial score (nSPS) is 14.1. The number of nitrogens with zero attached hydrogens (tertiary/aromatic N) is 1. The SMILES string of the molecule is CC1(C)c2ccc(N(c3ccc4c(c3)C(c3ccccc3)(c3ccccc3)c3ccccc3-4)c3ccc4oc5ccccc5c4c3)cc2-c2c(-c3ccccc3)cccc21. The molecule has 0 saturated carbocycles. The van der Waals surface area contributed by atoms with E-state index in [1.807, 2.05) is 6.07 Å². The smallest absolute Gasteiger partial charge is 0.135 e. The van der Waals surface area contributed by atoms with E-state index < -0.39 is 5.41 Å². The Morgan fingerprint density at radius 1 is 0.367 bits per heavy atom. The Hall–Kier alpha value is -7.42. The maximum absolute atomic E-state index is 6.38. The minimum Gasteiger partial charge on any atom is -0.456 e. The van der Waals surface area contributed by atoms with Gasteiger partial charge < -0.3 is 9.32 Å². The maximum atomic E-state index is 6.38. The molecular formula is C58H41NO. The van der Waals surface area contributed by atoms with Crippen molar-refractivity contribution in [3.63, 3.8) is 0 Å². The van der Waals surface area contributed by atoms with Gasteiger partial charge in [-0.25, -0.2) is 0 Å². The fraction of sp³-hybridized carbons (Fsp3) is 0.0690. The molecule has 0 amide bonds. The third-order valence-electron chi connectivity index (χ3n) is 13.3. The molecule has 1 heterocycles. The fourth-order valence-electron chi connectivity index (χ4n) is 10.7. The molecule has 1 aromatic heterocycles. The molecule has 0 bridgehead atoms. The zero-order chi connectivity index (χ0) is 40.0. The molecule has 0 aliphatic heterocycles. The molecule has 9 aromatic carbocycles. The van der Waals surface area contributed by atoms with Gasteiger partial charge in [0.15, 0.2) is 0 Å². The van der Waals surface area contributed by atoms with Gasteiger partial charge in [-0.15, -0.1) is 0 Å². The van der Waals surface area contributed by atoms with Crippen molar-refractivity contribution in [2.45, 2.75) is 24.7 Å². The average molecular weight is 768 g/mol. The van der Waals surface area contributed by atoms with Crippen molar-refractivity contribution < 1.29 is 4.42 Å². The third-order valence-corrected chi connectivity index (χ3v) is 13.3. The number of hydrogen-bond donors (Lipinski definition) is 0. The van der Waals surface area contributed by atoms with Gasteiger partial charge in [0.05, 0.1) is 5.41 Å². The highest BCUT2D eigenvalue weighted by atomic mass is 16.3. The molecule has 10 aromatic rings. The molecule has 2 aliphatic rings. The molecule has 0 fully saturated rings. The van der Waals surface area contributed by atoms with E-state index in [1.54, 1.807) is 0 Å². The Morgan fingerprint density at radius 3 is 1.72 bits per heavy atom. The van der Waals surface area contributed by atoms with Gasteiger partial charge in [0.2, 0.25) is 0 Å². The Kier molecular flexibility index (Phi) is 7.52. The third kappa shape index (κ3) is 4.88. The number of anilines is 3. The van der Waals surface area contributed by atoms with E-state index in [0.29, 0.717) is 0 Å². The van der Waals surface area contributed by atoms with Crippen LogP contribution in [0, 0.1) is 0 Å². The van der Waals surface area contributed by atoms with Gasteiger partial charge >= 0.3 is 0 Å². The minimum absolute atomic E-state index is 0.155. The van der Waals surface area contributed by atoms with Crippen LogP contribution in [0.4, 0.5) is 17.1 Å². The van der Waals surface area contributed by atoms with E-state index in [4.69, 9.17) is 4.42 Å². The molecule has 12 rings (SSSR count). The molecule has 0 radical (unpaired) electrons. The predicted molar refractivity (Wildman–Crippen MR) is 249 cm³/mol. The van der Waals surface area contributed by atoms with Crippen molar-refractivity contribution in [3.8, 4) is 33.4 Å². The van der Waals surface area contributed by atoms with Crippen LogP contribution in [0.25, 0.3) is 55.3 Å². The second-order valence-electron chi connectivity index (χ2n) is 16.8. The summed E-state index contributed by atoms with van der Waals surface area (Å²) in [5.74, 6) is 0. The Morgan fingerprint density at radius 2 is 0.933 bits per heavy atom. The van der Waals surface area contributed by atoms with Gasteiger partial charge in [-0.05, 0) is 115 Å². The Labute approximate surface area is 350 Å². The molecule has 0 N–H and O–H groups in total. The fourth-order valence-corrected chi connectivity index (χ4v) is 10.7. The summed E-state index contributed by atoms with van der Waals surface area (Å²) in [6.45, 7) is 4.74. The van der Waals surface area contributed by atoms with E-state index in [-0.39, 0.29) is 5.41 Å². The zero-order valence-corrected chi connectivity index (χ0v) is 33.6. The summed E-state index contributed by atoms with van der Waals surface area (Å²) < 4.78 is 6.38. The van der Waals surface area contributed by atoms with Crippen molar-refractivity contribution in [2.24, 2.45) is 0 Å². The van der Waals surface area contributed by atoms with Gasteiger partial charge in [-0.1, -0.05) is 178 Å². The first-order valence-corrected chi connectivity index (χ1v) is 20.9. The molecule has 2 nitrogen and oxygen atoms in total. The number of para-hydroxylation sites is 1. The van der Waals surface area contributed by atoms with E-state index in [0.717, 1.165) is 39.0 Å². The van der Waals surface area contributed by atoms with Crippen LogP contribution in [0.2, 0.25) is 0 Å². The van der Waals surface area contributed by atoms with Gasteiger partial charge in [-0.2, -0.15) is 0 Å².